The number of nitrogens with one attached hydrogen (secondary N) is 1. The number of rotatable bonds is 2. The molecule has 0 saturated heterocycles. The van der Waals surface area contributed by atoms with Crippen molar-refractivity contribution in [3.63, 3.8) is 0 Å². The number of hydrogen-bond donors (Lipinski definition) is 2. The topological polar surface area (TPSA) is 72.9 Å². The molecule has 0 fully saturated rings. The van der Waals surface area contributed by atoms with E-state index in [9.17, 15) is 4.79 Å². The van der Waals surface area contributed by atoms with Crippen LogP contribution in [0.5, 0.6) is 0 Å². The summed E-state index contributed by atoms with van der Waals surface area (Å²) in [6.07, 6.45) is 3.02. The monoisotopic (exact) mass is 188 g/mol. The molecule has 0 aliphatic rings. The molecule has 1 atom stereocenters. The molecule has 1 aromatic heterocycles. The molecule has 12 heavy (non-hydrogen) atoms. The largest absolute Gasteiger partial charge is 0.292 e. The lowest BCUT2D eigenvalue weighted by Crippen LogP contribution is -2.36. The van der Waals surface area contributed by atoms with Gasteiger partial charge in [-0.05, 0) is 6.92 Å². The summed E-state index contributed by atoms with van der Waals surface area (Å²) in [6.45, 7) is 1.67. The molecular weight excluding hydrogens is 180 g/mol. The molecule has 5 nitrogen and oxygen atoms in total. The lowest BCUT2D eigenvalue weighted by Gasteiger charge is -2.08. The second-order valence-corrected chi connectivity index (χ2v) is 2.76. The van der Waals surface area contributed by atoms with E-state index in [0.717, 1.165) is 0 Å². The minimum Gasteiger partial charge on any atom is -0.292 e. The Kier molecular flexibility index (Phi) is 2.67. The van der Waals surface area contributed by atoms with Gasteiger partial charge >= 0.3 is 0 Å². The highest BCUT2D eigenvalue weighted by atomic mass is 35.5. The predicted octanol–water partition coefficient (Wildman–Crippen LogP) is 0.0874. The Labute approximate surface area is 74.5 Å². The van der Waals surface area contributed by atoms with Gasteiger partial charge < -0.3 is 0 Å². The van der Waals surface area contributed by atoms with Crippen LogP contribution in [0.4, 0.5) is 0 Å². The van der Waals surface area contributed by atoms with Crippen molar-refractivity contribution >= 4 is 17.5 Å². The number of nitrogens with zero attached hydrogens (tertiary/aromatic N) is 2. The molecular formula is C6H9ClN4O. The van der Waals surface area contributed by atoms with Crippen LogP contribution in [-0.4, -0.2) is 15.7 Å². The summed E-state index contributed by atoms with van der Waals surface area (Å²) in [7, 11) is 0. The van der Waals surface area contributed by atoms with Crippen molar-refractivity contribution in [3.8, 4) is 0 Å². The van der Waals surface area contributed by atoms with E-state index in [0.29, 0.717) is 5.02 Å². The van der Waals surface area contributed by atoms with Crippen LogP contribution in [0.2, 0.25) is 5.02 Å². The zero-order valence-electron chi connectivity index (χ0n) is 6.49. The number of hydrazine groups is 1. The first kappa shape index (κ1) is 9.02. The number of nitrogens with two attached hydrogens (primary N) is 1. The number of hydrogen-bond acceptors (Lipinski definition) is 3. The van der Waals surface area contributed by atoms with Crippen molar-refractivity contribution in [2.24, 2.45) is 5.84 Å². The molecule has 6 heteroatoms. The standard InChI is InChI=1S/C6H9ClN4O/c1-4(6(12)10-8)11-3-5(7)2-9-11/h2-4H,8H2,1H3,(H,10,12)/t4-/m1/s1. The normalized spacial score (nSPS) is 12.6. The Bertz CT molecular complexity index is 285. The number of carbonyl (C=O) groups excluding carboxylic acids is 1. The maximum absolute atomic E-state index is 11.0. The SMILES string of the molecule is C[C@H](C(=O)NN)n1cc(Cl)cn1. The first-order valence-corrected chi connectivity index (χ1v) is 3.73. The Morgan fingerprint density at radius 1 is 1.92 bits per heavy atom. The van der Waals surface area contributed by atoms with Crippen LogP contribution in [0.1, 0.15) is 13.0 Å². The molecule has 0 unspecified atom stereocenters. The van der Waals surface area contributed by atoms with E-state index in [1.165, 1.54) is 10.9 Å². The Hall–Kier alpha value is -1.07. The maximum atomic E-state index is 11.0. The molecule has 1 rings (SSSR count). The van der Waals surface area contributed by atoms with E-state index >= 15 is 0 Å². The molecule has 1 heterocycles. The molecule has 0 aliphatic carbocycles. The fourth-order valence-electron chi connectivity index (χ4n) is 0.767. The summed E-state index contributed by atoms with van der Waals surface area (Å²) in [5.41, 5.74) is 2.03. The zero-order valence-corrected chi connectivity index (χ0v) is 7.25. The lowest BCUT2D eigenvalue weighted by atomic mass is 10.3. The summed E-state index contributed by atoms with van der Waals surface area (Å²) in [4.78, 5) is 11.0. The fraction of sp³-hybridized carbons (Fsp3) is 0.333. The lowest BCUT2D eigenvalue weighted by molar-refractivity contribution is -0.124. The molecule has 0 radical (unpaired) electrons. The van der Waals surface area contributed by atoms with Gasteiger partial charge in [0.25, 0.3) is 5.91 Å². The van der Waals surface area contributed by atoms with Crippen molar-refractivity contribution < 1.29 is 4.79 Å². The van der Waals surface area contributed by atoms with Crippen LogP contribution in [0.15, 0.2) is 12.4 Å². The third kappa shape index (κ3) is 1.75. The maximum Gasteiger partial charge on any atom is 0.258 e. The molecule has 1 amide bonds. The summed E-state index contributed by atoms with van der Waals surface area (Å²) in [5.74, 6) is 4.63. The summed E-state index contributed by atoms with van der Waals surface area (Å²) < 4.78 is 1.44. The highest BCUT2D eigenvalue weighted by molar-refractivity contribution is 6.30. The second kappa shape index (κ2) is 3.55. The van der Waals surface area contributed by atoms with Gasteiger partial charge in [0, 0.05) is 6.20 Å². The molecule has 66 valence electrons. The Morgan fingerprint density at radius 3 is 3.00 bits per heavy atom. The van der Waals surface area contributed by atoms with E-state index in [-0.39, 0.29) is 5.91 Å². The van der Waals surface area contributed by atoms with Crippen LogP contribution in [0.3, 0.4) is 0 Å². The Morgan fingerprint density at radius 2 is 2.58 bits per heavy atom. The van der Waals surface area contributed by atoms with Gasteiger partial charge in [-0.3, -0.25) is 14.9 Å². The molecule has 3 N–H and O–H groups in total. The number of carbonyl (C=O) groups is 1. The van der Waals surface area contributed by atoms with Gasteiger partial charge in [0.2, 0.25) is 0 Å². The van der Waals surface area contributed by atoms with Crippen molar-refractivity contribution in [1.29, 1.82) is 0 Å². The summed E-state index contributed by atoms with van der Waals surface area (Å²) in [5, 5.41) is 4.35. The average Bonchev–Trinajstić information content (AvgIpc) is 2.49. The second-order valence-electron chi connectivity index (χ2n) is 2.32. The quantitative estimate of drug-likeness (QED) is 0.393. The van der Waals surface area contributed by atoms with Crippen molar-refractivity contribution in [1.82, 2.24) is 15.2 Å². The smallest absolute Gasteiger partial charge is 0.258 e. The highest BCUT2D eigenvalue weighted by Gasteiger charge is 2.13. The van der Waals surface area contributed by atoms with E-state index < -0.39 is 6.04 Å². The predicted molar refractivity (Wildman–Crippen MR) is 44.3 cm³/mol. The van der Waals surface area contributed by atoms with Gasteiger partial charge in [-0.15, -0.1) is 0 Å². The number of amides is 1. The van der Waals surface area contributed by atoms with Crippen LogP contribution in [0.25, 0.3) is 0 Å². The van der Waals surface area contributed by atoms with Crippen LogP contribution >= 0.6 is 11.6 Å². The number of halogens is 1. The minimum absolute atomic E-state index is 0.310. The highest BCUT2D eigenvalue weighted by Crippen LogP contribution is 2.10. The van der Waals surface area contributed by atoms with Crippen molar-refractivity contribution in [2.45, 2.75) is 13.0 Å². The van der Waals surface area contributed by atoms with E-state index in [1.807, 2.05) is 5.43 Å². The zero-order chi connectivity index (χ0) is 9.14. The van der Waals surface area contributed by atoms with Crippen LogP contribution in [-0.2, 0) is 4.79 Å². The van der Waals surface area contributed by atoms with E-state index in [1.54, 1.807) is 13.1 Å². The average molecular weight is 189 g/mol. The molecule has 0 bridgehead atoms. The van der Waals surface area contributed by atoms with Crippen LogP contribution < -0.4 is 11.3 Å². The molecule has 0 aromatic carbocycles. The summed E-state index contributed by atoms with van der Waals surface area (Å²) in [6, 6.07) is -0.442. The van der Waals surface area contributed by atoms with Gasteiger partial charge in [0.05, 0.1) is 11.2 Å². The van der Waals surface area contributed by atoms with Gasteiger partial charge in [-0.1, -0.05) is 11.6 Å². The molecule has 1 aromatic rings. The van der Waals surface area contributed by atoms with E-state index in [4.69, 9.17) is 17.4 Å². The molecule has 0 saturated carbocycles. The van der Waals surface area contributed by atoms with Gasteiger partial charge in [0.15, 0.2) is 0 Å². The van der Waals surface area contributed by atoms with Crippen molar-refractivity contribution in [3.05, 3.63) is 17.4 Å². The summed E-state index contributed by atoms with van der Waals surface area (Å²) >= 11 is 5.61. The van der Waals surface area contributed by atoms with Gasteiger partial charge in [-0.25, -0.2) is 5.84 Å². The minimum atomic E-state index is -0.442. The fourth-order valence-corrected chi connectivity index (χ4v) is 0.911. The van der Waals surface area contributed by atoms with Gasteiger partial charge in [-0.2, -0.15) is 5.10 Å². The van der Waals surface area contributed by atoms with Crippen molar-refractivity contribution in [2.75, 3.05) is 0 Å². The van der Waals surface area contributed by atoms with Crippen LogP contribution in [0, 0.1) is 0 Å². The Balaban J connectivity index is 2.77. The third-order valence-corrected chi connectivity index (χ3v) is 1.68. The van der Waals surface area contributed by atoms with Gasteiger partial charge in [0.1, 0.15) is 6.04 Å². The number of aromatic nitrogens is 2. The van der Waals surface area contributed by atoms with E-state index in [2.05, 4.69) is 5.10 Å². The molecule has 0 spiro atoms. The third-order valence-electron chi connectivity index (χ3n) is 1.49. The molecule has 0 aliphatic heterocycles. The first-order valence-electron chi connectivity index (χ1n) is 3.35. The first-order chi connectivity index (χ1) is 5.65.